The van der Waals surface area contributed by atoms with Crippen LogP contribution in [0.5, 0.6) is 11.5 Å². The zero-order valence-corrected chi connectivity index (χ0v) is 17.0. The number of ether oxygens (including phenoxy) is 1. The molecule has 0 spiro atoms. The van der Waals surface area contributed by atoms with Gasteiger partial charge in [0.05, 0.1) is 17.8 Å². The number of rotatable bonds is 6. The molecule has 0 bridgehead atoms. The molecule has 0 saturated heterocycles. The Balaban J connectivity index is 1.91. The molecule has 0 N–H and O–H groups in total. The zero-order chi connectivity index (χ0) is 20.1. The maximum atomic E-state index is 12.5. The fourth-order valence-corrected chi connectivity index (χ4v) is 3.70. The van der Waals surface area contributed by atoms with Gasteiger partial charge in [-0.15, -0.1) is 0 Å². The van der Waals surface area contributed by atoms with E-state index in [0.29, 0.717) is 10.6 Å². The average Bonchev–Trinajstić information content (AvgIpc) is 2.69. The van der Waals surface area contributed by atoms with Crippen LogP contribution in [-0.2, 0) is 10.1 Å². The molecule has 5 nitrogen and oxygen atoms in total. The summed E-state index contributed by atoms with van der Waals surface area (Å²) in [5, 5.41) is 0.489. The minimum atomic E-state index is -4.11. The van der Waals surface area contributed by atoms with Crippen molar-refractivity contribution in [2.45, 2.75) is 4.90 Å². The summed E-state index contributed by atoms with van der Waals surface area (Å²) in [5.41, 5.74) is 1.39. The van der Waals surface area contributed by atoms with Gasteiger partial charge in [0.1, 0.15) is 4.90 Å². The molecule has 28 heavy (non-hydrogen) atoms. The molecular formula is C20H15Cl2NO4S. The second-order valence-electron chi connectivity index (χ2n) is 5.62. The number of nitrogens with zero attached hydrogens (tertiary/aromatic N) is 1. The summed E-state index contributed by atoms with van der Waals surface area (Å²) in [4.78, 5) is 4.29. The number of hydrogen-bond donors (Lipinski definition) is 0. The van der Waals surface area contributed by atoms with Crippen molar-refractivity contribution in [2.24, 2.45) is 4.99 Å². The van der Waals surface area contributed by atoms with Crippen molar-refractivity contribution in [1.82, 2.24) is 0 Å². The third-order valence-corrected chi connectivity index (χ3v) is 5.43. The molecule has 0 amide bonds. The van der Waals surface area contributed by atoms with Gasteiger partial charge in [0, 0.05) is 11.2 Å². The lowest BCUT2D eigenvalue weighted by molar-refractivity contribution is 0.390. The van der Waals surface area contributed by atoms with E-state index >= 15 is 0 Å². The van der Waals surface area contributed by atoms with Gasteiger partial charge in [-0.25, -0.2) is 0 Å². The first-order valence-corrected chi connectivity index (χ1v) is 10.2. The molecule has 0 unspecified atom stereocenters. The summed E-state index contributed by atoms with van der Waals surface area (Å²) < 4.78 is 35.5. The molecule has 0 heterocycles. The van der Waals surface area contributed by atoms with E-state index in [0.717, 1.165) is 5.69 Å². The molecule has 0 aliphatic carbocycles. The van der Waals surface area contributed by atoms with Crippen molar-refractivity contribution in [1.29, 1.82) is 0 Å². The second-order valence-corrected chi connectivity index (χ2v) is 8.01. The van der Waals surface area contributed by atoms with E-state index in [2.05, 4.69) is 4.99 Å². The highest BCUT2D eigenvalue weighted by Gasteiger charge is 2.22. The summed E-state index contributed by atoms with van der Waals surface area (Å²) in [6.45, 7) is 0. The number of methoxy groups -OCH3 is 1. The normalized spacial score (nSPS) is 11.5. The Kier molecular flexibility index (Phi) is 6.24. The number of benzene rings is 3. The van der Waals surface area contributed by atoms with Crippen LogP contribution in [0, 0.1) is 0 Å². The van der Waals surface area contributed by atoms with Crippen molar-refractivity contribution >= 4 is 45.2 Å². The van der Waals surface area contributed by atoms with Gasteiger partial charge in [0.2, 0.25) is 5.75 Å². The molecule has 3 aromatic carbocycles. The molecule has 144 valence electrons. The van der Waals surface area contributed by atoms with Crippen LogP contribution in [0.2, 0.25) is 10.0 Å². The molecular weight excluding hydrogens is 421 g/mol. The molecule has 0 aliphatic heterocycles. The molecule has 0 fully saturated rings. The highest BCUT2D eigenvalue weighted by molar-refractivity contribution is 7.87. The van der Waals surface area contributed by atoms with E-state index in [9.17, 15) is 8.42 Å². The first-order chi connectivity index (χ1) is 13.4. The van der Waals surface area contributed by atoms with Crippen LogP contribution in [0.15, 0.2) is 76.6 Å². The summed E-state index contributed by atoms with van der Waals surface area (Å²) in [7, 11) is -2.72. The Morgan fingerprint density at radius 2 is 1.64 bits per heavy atom. The van der Waals surface area contributed by atoms with Gasteiger partial charge in [0.25, 0.3) is 0 Å². The Hall–Kier alpha value is -2.54. The summed E-state index contributed by atoms with van der Waals surface area (Å²) in [6.07, 6.45) is 1.60. The minimum Gasteiger partial charge on any atom is -0.493 e. The van der Waals surface area contributed by atoms with Crippen LogP contribution >= 0.6 is 23.2 Å². The minimum absolute atomic E-state index is 0.0512. The fourth-order valence-electron chi connectivity index (χ4n) is 2.32. The monoisotopic (exact) mass is 435 g/mol. The van der Waals surface area contributed by atoms with Gasteiger partial charge in [-0.1, -0.05) is 41.4 Å². The van der Waals surface area contributed by atoms with Gasteiger partial charge in [-0.05, 0) is 54.1 Å². The van der Waals surface area contributed by atoms with Gasteiger partial charge >= 0.3 is 10.1 Å². The highest BCUT2D eigenvalue weighted by atomic mass is 35.5. The quantitative estimate of drug-likeness (QED) is 0.377. The van der Waals surface area contributed by atoms with Crippen molar-refractivity contribution in [3.8, 4) is 11.5 Å². The zero-order valence-electron chi connectivity index (χ0n) is 14.7. The lowest BCUT2D eigenvalue weighted by Crippen LogP contribution is -2.11. The number of hydrogen-bond acceptors (Lipinski definition) is 5. The molecule has 3 aromatic rings. The van der Waals surface area contributed by atoms with Gasteiger partial charge < -0.3 is 8.92 Å². The van der Waals surface area contributed by atoms with Gasteiger partial charge in [0.15, 0.2) is 5.75 Å². The fraction of sp³-hybridized carbons (Fsp3) is 0.0500. The van der Waals surface area contributed by atoms with Crippen LogP contribution in [0.25, 0.3) is 0 Å². The molecule has 0 aliphatic rings. The van der Waals surface area contributed by atoms with Crippen LogP contribution in [0.3, 0.4) is 0 Å². The van der Waals surface area contributed by atoms with Crippen LogP contribution in [-0.4, -0.2) is 21.7 Å². The first-order valence-electron chi connectivity index (χ1n) is 8.06. The Bertz CT molecular complexity index is 1100. The van der Waals surface area contributed by atoms with Crippen molar-refractivity contribution in [3.63, 3.8) is 0 Å². The molecule has 3 rings (SSSR count). The maximum Gasteiger partial charge on any atom is 0.339 e. The average molecular weight is 436 g/mol. The van der Waals surface area contributed by atoms with E-state index in [1.165, 1.54) is 31.4 Å². The summed E-state index contributed by atoms with van der Waals surface area (Å²) in [6, 6.07) is 18.1. The predicted molar refractivity (Wildman–Crippen MR) is 111 cm³/mol. The summed E-state index contributed by atoms with van der Waals surface area (Å²) >= 11 is 12.1. The molecule has 0 radical (unpaired) electrons. The van der Waals surface area contributed by atoms with Gasteiger partial charge in [-0.3, -0.25) is 4.99 Å². The smallest absolute Gasteiger partial charge is 0.339 e. The summed E-state index contributed by atoms with van der Waals surface area (Å²) in [5.74, 6) is 0.0653. The standard InChI is InChI=1S/C20H15Cl2NO4S/c1-26-19-12-14(13-23-16-5-3-2-4-6-16)11-18(22)20(19)27-28(24,25)17-9-7-15(21)8-10-17/h2-13H,1H3. The van der Waals surface area contributed by atoms with Crippen LogP contribution in [0.4, 0.5) is 5.69 Å². The lowest BCUT2D eigenvalue weighted by Gasteiger charge is -2.13. The number of para-hydroxylation sites is 1. The van der Waals surface area contributed by atoms with Gasteiger partial charge in [-0.2, -0.15) is 8.42 Å². The highest BCUT2D eigenvalue weighted by Crippen LogP contribution is 2.38. The van der Waals surface area contributed by atoms with Crippen molar-refractivity contribution in [3.05, 3.63) is 82.3 Å². The third-order valence-electron chi connectivity index (χ3n) is 3.67. The van der Waals surface area contributed by atoms with Crippen molar-refractivity contribution in [2.75, 3.05) is 7.11 Å². The van der Waals surface area contributed by atoms with Crippen LogP contribution in [0.1, 0.15) is 5.56 Å². The topological polar surface area (TPSA) is 65.0 Å². The Morgan fingerprint density at radius 3 is 2.29 bits per heavy atom. The lowest BCUT2D eigenvalue weighted by atomic mass is 10.2. The predicted octanol–water partition coefficient (Wildman–Crippen LogP) is 5.52. The number of halogens is 2. The Labute approximate surface area is 173 Å². The SMILES string of the molecule is COc1cc(C=Nc2ccccc2)cc(Cl)c1OS(=O)(=O)c1ccc(Cl)cc1. The van der Waals surface area contributed by atoms with E-state index < -0.39 is 10.1 Å². The third kappa shape index (κ3) is 4.84. The van der Waals surface area contributed by atoms with Crippen molar-refractivity contribution < 1.29 is 17.3 Å². The number of aliphatic imine (C=N–C) groups is 1. The molecule has 0 saturated carbocycles. The molecule has 8 heteroatoms. The van der Waals surface area contributed by atoms with Crippen LogP contribution < -0.4 is 8.92 Å². The maximum absolute atomic E-state index is 12.5. The van der Waals surface area contributed by atoms with E-state index in [4.69, 9.17) is 32.1 Å². The Morgan fingerprint density at radius 1 is 0.964 bits per heavy atom. The molecule has 0 atom stereocenters. The largest absolute Gasteiger partial charge is 0.493 e. The van der Waals surface area contributed by atoms with E-state index in [-0.39, 0.29) is 21.4 Å². The first kappa shape index (κ1) is 20.2. The molecule has 0 aromatic heterocycles. The van der Waals surface area contributed by atoms with E-state index in [1.807, 2.05) is 30.3 Å². The second kappa shape index (κ2) is 8.65. The van der Waals surface area contributed by atoms with E-state index in [1.54, 1.807) is 18.3 Å².